The number of nitrogens with zero attached hydrogens (tertiary/aromatic N) is 1. The van der Waals surface area contributed by atoms with E-state index in [4.69, 9.17) is 27.9 Å². The SMILES string of the molecule is COc1cccc(C(C2(O)CN(C(c3ccc(Cl)cc3)c3ccc(Cl)cc3)C2)S(C)(=O)=O)c1. The highest BCUT2D eigenvalue weighted by molar-refractivity contribution is 7.91. The number of benzene rings is 3. The standard InChI is InChI=1S/C25H25Cl2NO4S/c1-32-22-5-3-4-19(14-22)24(33(2,30)31)25(29)15-28(16-25)23(17-6-10-20(26)11-7-17)18-8-12-21(27)13-9-18/h3-14,23-24,29H,15-16H2,1-2H3. The monoisotopic (exact) mass is 505 g/mol. The van der Waals surface area contributed by atoms with Crippen LogP contribution in [0.1, 0.15) is 28.0 Å². The van der Waals surface area contributed by atoms with Gasteiger partial charge in [0.2, 0.25) is 0 Å². The van der Waals surface area contributed by atoms with Crippen molar-refractivity contribution in [2.75, 3.05) is 26.5 Å². The van der Waals surface area contributed by atoms with Gasteiger partial charge in [-0.3, -0.25) is 4.90 Å². The van der Waals surface area contributed by atoms with Gasteiger partial charge in [-0.15, -0.1) is 0 Å². The molecule has 0 aromatic heterocycles. The first kappa shape index (κ1) is 24.0. The lowest BCUT2D eigenvalue weighted by molar-refractivity contribution is -0.112. The quantitative estimate of drug-likeness (QED) is 0.493. The molecule has 174 valence electrons. The van der Waals surface area contributed by atoms with Gasteiger partial charge in [-0.25, -0.2) is 8.42 Å². The minimum atomic E-state index is -3.62. The molecule has 1 aliphatic rings. The Hall–Kier alpha value is -2.09. The molecule has 0 spiro atoms. The average molecular weight is 506 g/mol. The van der Waals surface area contributed by atoms with Crippen LogP contribution in [0.2, 0.25) is 10.0 Å². The number of halogens is 2. The molecule has 8 heteroatoms. The number of rotatable bonds is 7. The fourth-order valence-corrected chi connectivity index (χ4v) is 6.51. The van der Waals surface area contributed by atoms with E-state index in [2.05, 4.69) is 4.90 Å². The molecule has 1 unspecified atom stereocenters. The second kappa shape index (κ2) is 9.28. The topological polar surface area (TPSA) is 66.8 Å². The molecule has 3 aromatic rings. The Morgan fingerprint density at radius 3 is 1.88 bits per heavy atom. The minimum Gasteiger partial charge on any atom is -0.497 e. The molecule has 1 heterocycles. The zero-order valence-electron chi connectivity index (χ0n) is 18.3. The Labute approximate surface area is 204 Å². The van der Waals surface area contributed by atoms with Crippen LogP contribution in [-0.4, -0.2) is 50.5 Å². The van der Waals surface area contributed by atoms with Gasteiger partial charge in [0.05, 0.1) is 13.2 Å². The number of hydrogen-bond donors (Lipinski definition) is 1. The third kappa shape index (κ3) is 5.05. The largest absolute Gasteiger partial charge is 0.497 e. The van der Waals surface area contributed by atoms with Crippen LogP contribution in [0.25, 0.3) is 0 Å². The molecule has 0 radical (unpaired) electrons. The van der Waals surface area contributed by atoms with Gasteiger partial charge in [0, 0.05) is 29.4 Å². The lowest BCUT2D eigenvalue weighted by Gasteiger charge is -2.53. The third-order valence-electron chi connectivity index (χ3n) is 6.00. The predicted octanol–water partition coefficient (Wildman–Crippen LogP) is 4.92. The van der Waals surface area contributed by atoms with Crippen molar-refractivity contribution in [1.29, 1.82) is 0 Å². The molecule has 0 bridgehead atoms. The summed E-state index contributed by atoms with van der Waals surface area (Å²) in [6.07, 6.45) is 1.16. The maximum Gasteiger partial charge on any atom is 0.157 e. The summed E-state index contributed by atoms with van der Waals surface area (Å²) in [6, 6.07) is 21.7. The van der Waals surface area contributed by atoms with Gasteiger partial charge in [-0.1, -0.05) is 59.6 Å². The van der Waals surface area contributed by atoms with Crippen molar-refractivity contribution in [1.82, 2.24) is 4.90 Å². The summed E-state index contributed by atoms with van der Waals surface area (Å²) in [5.74, 6) is 0.543. The molecule has 3 aromatic carbocycles. The zero-order valence-corrected chi connectivity index (χ0v) is 20.6. The third-order valence-corrected chi connectivity index (χ3v) is 8.07. The predicted molar refractivity (Wildman–Crippen MR) is 132 cm³/mol. The highest BCUT2D eigenvalue weighted by Gasteiger charge is 2.54. The van der Waals surface area contributed by atoms with Crippen molar-refractivity contribution < 1.29 is 18.3 Å². The fourth-order valence-electron chi connectivity index (χ4n) is 4.67. The molecule has 1 fully saturated rings. The van der Waals surface area contributed by atoms with Crippen LogP contribution in [0.15, 0.2) is 72.8 Å². The molecule has 1 aliphatic heterocycles. The van der Waals surface area contributed by atoms with Crippen molar-refractivity contribution in [3.8, 4) is 5.75 Å². The van der Waals surface area contributed by atoms with Crippen LogP contribution in [0.5, 0.6) is 5.75 Å². The Morgan fingerprint density at radius 2 is 1.42 bits per heavy atom. The van der Waals surface area contributed by atoms with E-state index in [-0.39, 0.29) is 19.1 Å². The van der Waals surface area contributed by atoms with E-state index in [0.717, 1.165) is 17.4 Å². The van der Waals surface area contributed by atoms with Gasteiger partial charge < -0.3 is 9.84 Å². The number of β-amino-alcohol motifs (C(OH)–C–C–N with tert-alkyl or cyclic N) is 1. The van der Waals surface area contributed by atoms with Crippen molar-refractivity contribution in [2.24, 2.45) is 0 Å². The van der Waals surface area contributed by atoms with Gasteiger partial charge in [0.25, 0.3) is 0 Å². The average Bonchev–Trinajstić information content (AvgIpc) is 2.74. The fraction of sp³-hybridized carbons (Fsp3) is 0.280. The Balaban J connectivity index is 1.68. The summed E-state index contributed by atoms with van der Waals surface area (Å²) in [5, 5.41) is 11.7. The highest BCUT2D eigenvalue weighted by atomic mass is 35.5. The maximum atomic E-state index is 12.8. The van der Waals surface area contributed by atoms with E-state index in [9.17, 15) is 13.5 Å². The number of aliphatic hydroxyl groups is 1. The van der Waals surface area contributed by atoms with E-state index in [1.807, 2.05) is 48.5 Å². The molecule has 0 aliphatic carbocycles. The molecule has 4 rings (SSSR count). The summed E-state index contributed by atoms with van der Waals surface area (Å²) >= 11 is 12.2. The summed E-state index contributed by atoms with van der Waals surface area (Å²) in [6.45, 7) is 0.357. The lowest BCUT2D eigenvalue weighted by atomic mass is 9.82. The van der Waals surface area contributed by atoms with Crippen LogP contribution < -0.4 is 4.74 Å². The van der Waals surface area contributed by atoms with Gasteiger partial charge in [-0.05, 0) is 53.1 Å². The molecule has 1 N–H and O–H groups in total. The lowest BCUT2D eigenvalue weighted by Crippen LogP contribution is -2.66. The molecule has 5 nitrogen and oxygen atoms in total. The van der Waals surface area contributed by atoms with E-state index >= 15 is 0 Å². The first-order valence-electron chi connectivity index (χ1n) is 10.4. The van der Waals surface area contributed by atoms with Crippen LogP contribution in [0, 0.1) is 0 Å². The maximum absolute atomic E-state index is 12.8. The second-order valence-electron chi connectivity index (χ2n) is 8.50. The van der Waals surface area contributed by atoms with Crippen LogP contribution >= 0.6 is 23.2 Å². The van der Waals surface area contributed by atoms with Crippen molar-refractivity contribution in [2.45, 2.75) is 16.9 Å². The molecule has 1 atom stereocenters. The van der Waals surface area contributed by atoms with Crippen molar-refractivity contribution in [3.63, 3.8) is 0 Å². The van der Waals surface area contributed by atoms with Crippen LogP contribution in [0.4, 0.5) is 0 Å². The van der Waals surface area contributed by atoms with E-state index < -0.39 is 20.7 Å². The first-order valence-corrected chi connectivity index (χ1v) is 13.1. The van der Waals surface area contributed by atoms with Crippen molar-refractivity contribution >= 4 is 33.0 Å². The molecule has 1 saturated heterocycles. The van der Waals surface area contributed by atoms with Crippen molar-refractivity contribution in [3.05, 3.63) is 99.5 Å². The number of methoxy groups -OCH3 is 1. The van der Waals surface area contributed by atoms with Gasteiger partial charge >= 0.3 is 0 Å². The normalized spacial score (nSPS) is 16.9. The summed E-state index contributed by atoms with van der Waals surface area (Å²) < 4.78 is 30.9. The molecular formula is C25H25Cl2NO4S. The summed E-state index contributed by atoms with van der Waals surface area (Å²) in [7, 11) is -2.09. The zero-order chi connectivity index (χ0) is 23.8. The van der Waals surface area contributed by atoms with E-state index in [1.54, 1.807) is 24.3 Å². The van der Waals surface area contributed by atoms with Crippen LogP contribution in [0.3, 0.4) is 0 Å². The molecule has 0 saturated carbocycles. The molecule has 0 amide bonds. The van der Waals surface area contributed by atoms with E-state index in [0.29, 0.717) is 21.4 Å². The summed E-state index contributed by atoms with van der Waals surface area (Å²) in [4.78, 5) is 2.06. The second-order valence-corrected chi connectivity index (χ2v) is 11.5. The molecule has 33 heavy (non-hydrogen) atoms. The minimum absolute atomic E-state index is 0.178. The van der Waals surface area contributed by atoms with Gasteiger partial charge in [0.15, 0.2) is 9.84 Å². The number of sulfone groups is 1. The Bertz CT molecular complexity index is 1180. The first-order chi connectivity index (χ1) is 15.6. The van der Waals surface area contributed by atoms with E-state index in [1.165, 1.54) is 7.11 Å². The Morgan fingerprint density at radius 1 is 0.909 bits per heavy atom. The number of ether oxygens (including phenoxy) is 1. The van der Waals surface area contributed by atoms with Gasteiger partial charge in [-0.2, -0.15) is 0 Å². The smallest absolute Gasteiger partial charge is 0.157 e. The van der Waals surface area contributed by atoms with Gasteiger partial charge in [0.1, 0.15) is 16.6 Å². The summed E-state index contributed by atoms with van der Waals surface area (Å²) in [5.41, 5.74) is 1.03. The Kier molecular flexibility index (Phi) is 6.76. The molecular weight excluding hydrogens is 481 g/mol. The highest BCUT2D eigenvalue weighted by Crippen LogP contribution is 2.45. The number of likely N-dealkylation sites (tertiary alicyclic amines) is 1. The van der Waals surface area contributed by atoms with Crippen LogP contribution in [-0.2, 0) is 9.84 Å². The number of hydrogen-bond acceptors (Lipinski definition) is 5.